The Balaban J connectivity index is 1.69. The van der Waals surface area contributed by atoms with E-state index in [-0.39, 0.29) is 0 Å². The molecule has 3 aromatic rings. The molecule has 0 aliphatic heterocycles. The molecule has 0 radical (unpaired) electrons. The summed E-state index contributed by atoms with van der Waals surface area (Å²) < 4.78 is 5.53. The van der Waals surface area contributed by atoms with Crippen molar-refractivity contribution in [2.24, 2.45) is 0 Å². The van der Waals surface area contributed by atoms with Crippen molar-refractivity contribution in [3.05, 3.63) is 48.3 Å². The fraction of sp³-hybridized carbons (Fsp3) is 0.235. The van der Waals surface area contributed by atoms with Crippen molar-refractivity contribution in [3.63, 3.8) is 0 Å². The molecule has 4 heteroatoms. The highest BCUT2D eigenvalue weighted by Crippen LogP contribution is 2.38. The van der Waals surface area contributed by atoms with Crippen molar-refractivity contribution >= 4 is 28.2 Å². The number of fused-ring (bicyclic) bond motifs is 1. The molecule has 0 atom stereocenters. The summed E-state index contributed by atoms with van der Waals surface area (Å²) in [4.78, 5) is 4.05. The molecule has 1 aliphatic rings. The number of hydrogen-bond acceptors (Lipinski definition) is 4. The van der Waals surface area contributed by atoms with Crippen LogP contribution in [-0.2, 0) is 0 Å². The average molecular weight is 279 g/mol. The van der Waals surface area contributed by atoms with E-state index >= 15 is 0 Å². The minimum absolute atomic E-state index is 0.395. The van der Waals surface area contributed by atoms with Crippen LogP contribution in [0.3, 0.4) is 0 Å². The van der Waals surface area contributed by atoms with E-state index < -0.39 is 0 Å². The van der Waals surface area contributed by atoms with Crippen LogP contribution in [-0.4, -0.2) is 4.98 Å². The van der Waals surface area contributed by atoms with Gasteiger partial charge < -0.3 is 15.5 Å². The maximum atomic E-state index is 5.98. The maximum absolute atomic E-state index is 5.98. The van der Waals surface area contributed by atoms with Gasteiger partial charge in [-0.15, -0.1) is 0 Å². The Bertz CT molecular complexity index is 790. The van der Waals surface area contributed by atoms with Crippen LogP contribution in [0.25, 0.3) is 11.0 Å². The highest BCUT2D eigenvalue weighted by molar-refractivity contribution is 5.97. The SMILES string of the molecule is Nc1oc2cnccc2c1Nc1cccc(C2CCC2)c1. The molecule has 2 heterocycles. The third kappa shape index (κ3) is 2.13. The van der Waals surface area contributed by atoms with E-state index in [0.717, 1.165) is 22.7 Å². The molecule has 4 rings (SSSR count). The minimum atomic E-state index is 0.395. The minimum Gasteiger partial charge on any atom is -0.437 e. The van der Waals surface area contributed by atoms with Crippen LogP contribution in [0, 0.1) is 0 Å². The van der Waals surface area contributed by atoms with Crippen LogP contribution in [0.5, 0.6) is 0 Å². The Morgan fingerprint density at radius 3 is 2.95 bits per heavy atom. The number of hydrogen-bond donors (Lipinski definition) is 2. The number of rotatable bonds is 3. The molecule has 21 heavy (non-hydrogen) atoms. The van der Waals surface area contributed by atoms with E-state index in [1.54, 1.807) is 12.4 Å². The number of anilines is 3. The van der Waals surface area contributed by atoms with Crippen LogP contribution < -0.4 is 11.1 Å². The first kappa shape index (κ1) is 12.3. The number of nitrogens with two attached hydrogens (primary N) is 1. The molecule has 1 fully saturated rings. The summed E-state index contributed by atoms with van der Waals surface area (Å²) in [5.74, 6) is 1.11. The Labute approximate surface area is 123 Å². The molecule has 0 unspecified atom stereocenters. The zero-order chi connectivity index (χ0) is 14.2. The fourth-order valence-corrected chi connectivity index (χ4v) is 2.86. The van der Waals surface area contributed by atoms with Gasteiger partial charge in [-0.1, -0.05) is 18.6 Å². The molecule has 0 saturated heterocycles. The van der Waals surface area contributed by atoms with Crippen LogP contribution >= 0.6 is 0 Å². The predicted octanol–water partition coefficient (Wildman–Crippen LogP) is 4.42. The zero-order valence-corrected chi connectivity index (χ0v) is 11.7. The van der Waals surface area contributed by atoms with Crippen molar-refractivity contribution in [1.29, 1.82) is 0 Å². The number of nitrogens with one attached hydrogen (secondary N) is 1. The van der Waals surface area contributed by atoms with Crippen molar-refractivity contribution in [2.45, 2.75) is 25.2 Å². The summed E-state index contributed by atoms with van der Waals surface area (Å²) in [6.45, 7) is 0. The van der Waals surface area contributed by atoms with Crippen LogP contribution in [0.4, 0.5) is 17.3 Å². The Morgan fingerprint density at radius 1 is 1.24 bits per heavy atom. The molecule has 0 spiro atoms. The van der Waals surface area contributed by atoms with E-state index in [2.05, 4.69) is 34.6 Å². The summed E-state index contributed by atoms with van der Waals surface area (Å²) in [5.41, 5.74) is 9.95. The van der Waals surface area contributed by atoms with Gasteiger partial charge in [0.25, 0.3) is 0 Å². The Morgan fingerprint density at radius 2 is 2.14 bits per heavy atom. The van der Waals surface area contributed by atoms with Gasteiger partial charge in [0, 0.05) is 17.3 Å². The molecular formula is C17H17N3O. The lowest BCUT2D eigenvalue weighted by molar-refractivity contribution is 0.420. The smallest absolute Gasteiger partial charge is 0.215 e. The van der Waals surface area contributed by atoms with Gasteiger partial charge in [-0.3, -0.25) is 4.98 Å². The van der Waals surface area contributed by atoms with Crippen molar-refractivity contribution in [3.8, 4) is 0 Å². The van der Waals surface area contributed by atoms with Crippen LogP contribution in [0.2, 0.25) is 0 Å². The first-order chi connectivity index (χ1) is 10.3. The number of furan rings is 1. The van der Waals surface area contributed by atoms with Gasteiger partial charge >= 0.3 is 0 Å². The number of nitrogen functional groups attached to an aromatic ring is 1. The molecule has 2 aromatic heterocycles. The van der Waals surface area contributed by atoms with Gasteiger partial charge in [0.05, 0.1) is 6.20 Å². The zero-order valence-electron chi connectivity index (χ0n) is 11.7. The summed E-state index contributed by atoms with van der Waals surface area (Å²) in [6.07, 6.45) is 7.36. The van der Waals surface area contributed by atoms with E-state index in [0.29, 0.717) is 11.5 Å². The lowest BCUT2D eigenvalue weighted by atomic mass is 9.80. The summed E-state index contributed by atoms with van der Waals surface area (Å²) in [5, 5.41) is 4.35. The van der Waals surface area contributed by atoms with Crippen molar-refractivity contribution in [1.82, 2.24) is 4.98 Å². The van der Waals surface area contributed by atoms with E-state index in [9.17, 15) is 0 Å². The normalized spacial score (nSPS) is 15.0. The van der Waals surface area contributed by atoms with Gasteiger partial charge in [-0.2, -0.15) is 0 Å². The lowest BCUT2D eigenvalue weighted by Crippen LogP contribution is -2.08. The first-order valence-corrected chi connectivity index (χ1v) is 7.30. The van der Waals surface area contributed by atoms with Gasteiger partial charge in [-0.25, -0.2) is 0 Å². The molecule has 1 saturated carbocycles. The summed E-state index contributed by atoms with van der Waals surface area (Å²) in [6, 6.07) is 10.5. The number of pyridine rings is 1. The molecule has 3 N–H and O–H groups in total. The second kappa shape index (κ2) is 4.81. The predicted molar refractivity (Wildman–Crippen MR) is 84.7 cm³/mol. The van der Waals surface area contributed by atoms with Gasteiger partial charge in [-0.05, 0) is 42.5 Å². The molecule has 0 amide bonds. The van der Waals surface area contributed by atoms with E-state index in [4.69, 9.17) is 10.2 Å². The highest BCUT2D eigenvalue weighted by Gasteiger charge is 2.19. The van der Waals surface area contributed by atoms with Crippen LogP contribution in [0.15, 0.2) is 47.1 Å². The van der Waals surface area contributed by atoms with Crippen molar-refractivity contribution in [2.75, 3.05) is 11.1 Å². The number of nitrogens with zero attached hydrogens (tertiary/aromatic N) is 1. The summed E-state index contributed by atoms with van der Waals surface area (Å²) in [7, 11) is 0. The molecular weight excluding hydrogens is 262 g/mol. The Kier molecular flexibility index (Phi) is 2.81. The number of aromatic nitrogens is 1. The second-order valence-corrected chi connectivity index (χ2v) is 5.59. The van der Waals surface area contributed by atoms with Crippen molar-refractivity contribution < 1.29 is 4.42 Å². The monoisotopic (exact) mass is 279 g/mol. The molecule has 0 bridgehead atoms. The van der Waals surface area contributed by atoms with Gasteiger partial charge in [0.1, 0.15) is 5.69 Å². The lowest BCUT2D eigenvalue weighted by Gasteiger charge is -2.26. The average Bonchev–Trinajstić information content (AvgIpc) is 2.74. The highest BCUT2D eigenvalue weighted by atomic mass is 16.3. The van der Waals surface area contributed by atoms with E-state index in [1.165, 1.54) is 24.8 Å². The fourth-order valence-electron chi connectivity index (χ4n) is 2.86. The van der Waals surface area contributed by atoms with Gasteiger partial charge in [0.15, 0.2) is 5.58 Å². The standard InChI is InChI=1S/C17H17N3O/c18-17-16(14-7-8-19-10-15(14)21-17)20-13-6-2-5-12(9-13)11-3-1-4-11/h2,5-11,20H,1,3-4,18H2. The summed E-state index contributed by atoms with van der Waals surface area (Å²) >= 11 is 0. The van der Waals surface area contributed by atoms with Gasteiger partial charge in [0.2, 0.25) is 5.88 Å². The van der Waals surface area contributed by atoms with Crippen LogP contribution in [0.1, 0.15) is 30.7 Å². The Hall–Kier alpha value is -2.49. The number of benzene rings is 1. The first-order valence-electron chi connectivity index (χ1n) is 7.30. The second-order valence-electron chi connectivity index (χ2n) is 5.59. The third-order valence-corrected chi connectivity index (χ3v) is 4.25. The molecule has 1 aromatic carbocycles. The molecule has 4 nitrogen and oxygen atoms in total. The van der Waals surface area contributed by atoms with E-state index in [1.807, 2.05) is 6.07 Å². The quantitative estimate of drug-likeness (QED) is 0.744. The molecule has 1 aliphatic carbocycles. The molecule has 106 valence electrons. The largest absolute Gasteiger partial charge is 0.437 e. The third-order valence-electron chi connectivity index (χ3n) is 4.25. The topological polar surface area (TPSA) is 64.1 Å². The maximum Gasteiger partial charge on any atom is 0.215 e.